The lowest BCUT2D eigenvalue weighted by Gasteiger charge is -1.98. The Labute approximate surface area is 141 Å². The summed E-state index contributed by atoms with van der Waals surface area (Å²) in [5.41, 5.74) is 1.19. The molecule has 0 aliphatic rings. The van der Waals surface area contributed by atoms with Crippen molar-refractivity contribution < 1.29 is 9.53 Å². The fourth-order valence-electron chi connectivity index (χ4n) is 2.09. The minimum Gasteiger partial charge on any atom is -0.497 e. The number of carbonyl (C=O) groups excluding carboxylic acids is 1. The van der Waals surface area contributed by atoms with Gasteiger partial charge in [0.2, 0.25) is 0 Å². The van der Waals surface area contributed by atoms with Crippen molar-refractivity contribution in [3.63, 3.8) is 0 Å². The summed E-state index contributed by atoms with van der Waals surface area (Å²) >= 11 is 1.24. The van der Waals surface area contributed by atoms with Crippen LogP contribution in [-0.2, 0) is 0 Å². The first-order valence-corrected chi connectivity index (χ1v) is 7.98. The molecule has 5 nitrogen and oxygen atoms in total. The van der Waals surface area contributed by atoms with E-state index in [4.69, 9.17) is 4.74 Å². The average molecular weight is 338 g/mol. The van der Waals surface area contributed by atoms with Crippen LogP contribution in [0.5, 0.6) is 5.75 Å². The van der Waals surface area contributed by atoms with Crippen molar-refractivity contribution in [2.45, 2.75) is 0 Å². The molecule has 24 heavy (non-hydrogen) atoms. The molecular weight excluding hydrogens is 324 g/mol. The Morgan fingerprint density at radius 3 is 2.54 bits per heavy atom. The summed E-state index contributed by atoms with van der Waals surface area (Å²) in [6.07, 6.45) is 6.31. The van der Waals surface area contributed by atoms with Gasteiger partial charge in [-0.05, 0) is 35.9 Å². The Morgan fingerprint density at radius 1 is 1.17 bits per heavy atom. The predicted molar refractivity (Wildman–Crippen MR) is 93.8 cm³/mol. The van der Waals surface area contributed by atoms with Crippen molar-refractivity contribution in [2.75, 3.05) is 7.11 Å². The van der Waals surface area contributed by atoms with Gasteiger partial charge in [-0.25, -0.2) is 0 Å². The van der Waals surface area contributed by atoms with Gasteiger partial charge >= 0.3 is 0 Å². The van der Waals surface area contributed by atoms with Gasteiger partial charge in [0.1, 0.15) is 5.75 Å². The van der Waals surface area contributed by atoms with Gasteiger partial charge in [0, 0.05) is 24.0 Å². The third-order valence-corrected chi connectivity index (χ3v) is 4.28. The smallest absolute Gasteiger partial charge is 0.266 e. The number of methoxy groups -OCH3 is 1. The number of carbonyl (C=O) groups is 1. The molecule has 2 aromatic heterocycles. The summed E-state index contributed by atoms with van der Waals surface area (Å²) in [5.74, 6) is 0.579. The first kappa shape index (κ1) is 15.9. The number of thiazole rings is 1. The van der Waals surface area contributed by atoms with E-state index in [-0.39, 0.29) is 11.3 Å². The van der Waals surface area contributed by atoms with Gasteiger partial charge in [-0.15, -0.1) is 11.3 Å². The second-order valence-electron chi connectivity index (χ2n) is 4.95. The highest BCUT2D eigenvalue weighted by molar-refractivity contribution is 7.07. The maximum absolute atomic E-state index is 12.1. The number of aromatic amines is 1. The predicted octanol–water partition coefficient (Wildman–Crippen LogP) is 1.33. The highest BCUT2D eigenvalue weighted by atomic mass is 32.1. The van der Waals surface area contributed by atoms with Gasteiger partial charge in [0.15, 0.2) is 5.78 Å². The lowest BCUT2D eigenvalue weighted by Crippen LogP contribution is -2.19. The van der Waals surface area contributed by atoms with Gasteiger partial charge in [0.25, 0.3) is 5.56 Å². The van der Waals surface area contributed by atoms with Crippen molar-refractivity contribution in [2.24, 2.45) is 0 Å². The third kappa shape index (κ3) is 3.67. The van der Waals surface area contributed by atoms with Crippen molar-refractivity contribution >= 4 is 29.3 Å². The molecule has 0 radical (unpaired) electrons. The highest BCUT2D eigenvalue weighted by Gasteiger charge is 2.02. The summed E-state index contributed by atoms with van der Waals surface area (Å²) in [7, 11) is 1.60. The van der Waals surface area contributed by atoms with E-state index in [0.29, 0.717) is 14.8 Å². The van der Waals surface area contributed by atoms with Crippen molar-refractivity contribution in [3.05, 3.63) is 79.5 Å². The Hall–Kier alpha value is -2.99. The number of ketones is 1. The Balaban J connectivity index is 1.95. The van der Waals surface area contributed by atoms with Crippen LogP contribution in [0.3, 0.4) is 0 Å². The van der Waals surface area contributed by atoms with Crippen LogP contribution in [0.4, 0.5) is 0 Å². The SMILES string of the molecule is COc1ccc(/C=c2\s/c(=C\C(=O)c3ccncc3)[nH]c2=O)cc1. The summed E-state index contributed by atoms with van der Waals surface area (Å²) < 4.78 is 6.16. The Bertz CT molecular complexity index is 1020. The number of aromatic nitrogens is 2. The quantitative estimate of drug-likeness (QED) is 0.729. The van der Waals surface area contributed by atoms with Crippen LogP contribution in [0.1, 0.15) is 15.9 Å². The van der Waals surface area contributed by atoms with E-state index in [2.05, 4.69) is 9.97 Å². The molecule has 0 fully saturated rings. The second kappa shape index (κ2) is 7.06. The van der Waals surface area contributed by atoms with Crippen LogP contribution >= 0.6 is 11.3 Å². The van der Waals surface area contributed by atoms with E-state index in [1.807, 2.05) is 24.3 Å². The summed E-state index contributed by atoms with van der Waals surface area (Å²) in [5, 5.41) is 0. The molecule has 0 atom stereocenters. The zero-order valence-electron chi connectivity index (χ0n) is 12.9. The van der Waals surface area contributed by atoms with Crippen LogP contribution < -0.4 is 19.5 Å². The van der Waals surface area contributed by atoms with E-state index < -0.39 is 0 Å². The van der Waals surface area contributed by atoms with Gasteiger partial charge < -0.3 is 9.72 Å². The van der Waals surface area contributed by atoms with Crippen LogP contribution in [0.25, 0.3) is 12.2 Å². The molecule has 120 valence electrons. The topological polar surface area (TPSA) is 72.0 Å². The molecule has 6 heteroatoms. The van der Waals surface area contributed by atoms with E-state index in [1.165, 1.54) is 17.4 Å². The molecule has 0 bridgehead atoms. The standard InChI is InChI=1S/C18H14N2O3S/c1-23-14-4-2-12(3-5-14)10-16-18(22)20-17(24-16)11-15(21)13-6-8-19-9-7-13/h2-11H,1H3,(H,20,22)/b16-10-,17-11-. The first-order valence-electron chi connectivity index (χ1n) is 7.17. The van der Waals surface area contributed by atoms with Crippen molar-refractivity contribution in [3.8, 4) is 5.75 Å². The molecule has 0 saturated carbocycles. The fourth-order valence-corrected chi connectivity index (χ4v) is 2.98. The second-order valence-corrected chi connectivity index (χ2v) is 6.03. The molecule has 0 saturated heterocycles. The van der Waals surface area contributed by atoms with E-state index in [9.17, 15) is 9.59 Å². The fraction of sp³-hybridized carbons (Fsp3) is 0.0556. The normalized spacial score (nSPS) is 12.4. The van der Waals surface area contributed by atoms with E-state index >= 15 is 0 Å². The lowest BCUT2D eigenvalue weighted by molar-refractivity contribution is 0.106. The molecule has 1 aromatic carbocycles. The molecule has 1 N–H and O–H groups in total. The largest absolute Gasteiger partial charge is 0.497 e. The summed E-state index contributed by atoms with van der Waals surface area (Å²) in [4.78, 5) is 30.8. The number of H-pyrrole nitrogens is 1. The van der Waals surface area contributed by atoms with Gasteiger partial charge in [-0.2, -0.15) is 0 Å². The number of benzene rings is 1. The number of Topliss-reactive ketones (excluding diaryl/α,β-unsaturated/α-hetero) is 1. The van der Waals surface area contributed by atoms with Gasteiger partial charge in [-0.1, -0.05) is 12.1 Å². The number of nitrogens with one attached hydrogen (secondary N) is 1. The first-order chi connectivity index (χ1) is 11.7. The minimum absolute atomic E-state index is 0.175. The number of hydrogen-bond donors (Lipinski definition) is 1. The summed E-state index contributed by atoms with van der Waals surface area (Å²) in [6, 6.07) is 10.7. The van der Waals surface area contributed by atoms with Crippen LogP contribution in [-0.4, -0.2) is 22.9 Å². The molecule has 0 spiro atoms. The monoisotopic (exact) mass is 338 g/mol. The maximum Gasteiger partial charge on any atom is 0.266 e. The van der Waals surface area contributed by atoms with Gasteiger partial charge in [-0.3, -0.25) is 14.6 Å². The molecule has 0 unspecified atom stereocenters. The number of pyridine rings is 1. The number of nitrogens with zero attached hydrogens (tertiary/aromatic N) is 1. The van der Waals surface area contributed by atoms with Crippen molar-refractivity contribution in [1.29, 1.82) is 0 Å². The highest BCUT2D eigenvalue weighted by Crippen LogP contribution is 2.11. The number of ether oxygens (including phenoxy) is 1. The number of rotatable bonds is 4. The molecule has 0 aliphatic heterocycles. The van der Waals surface area contributed by atoms with Crippen LogP contribution in [0, 0.1) is 0 Å². The average Bonchev–Trinajstić information content (AvgIpc) is 2.95. The van der Waals surface area contributed by atoms with Gasteiger partial charge in [0.05, 0.1) is 16.3 Å². The van der Waals surface area contributed by atoms with Crippen LogP contribution in [0.2, 0.25) is 0 Å². The maximum atomic E-state index is 12.1. The minimum atomic E-state index is -0.218. The van der Waals surface area contributed by atoms with Crippen LogP contribution in [0.15, 0.2) is 53.6 Å². The van der Waals surface area contributed by atoms with Crippen molar-refractivity contribution in [1.82, 2.24) is 9.97 Å². The zero-order chi connectivity index (χ0) is 16.9. The molecular formula is C18H14N2O3S. The Kier molecular flexibility index (Phi) is 4.67. The molecule has 3 rings (SSSR count). The zero-order valence-corrected chi connectivity index (χ0v) is 13.7. The van der Waals surface area contributed by atoms with E-state index in [0.717, 1.165) is 11.3 Å². The number of hydrogen-bond acceptors (Lipinski definition) is 5. The molecule has 0 aliphatic carbocycles. The summed E-state index contributed by atoms with van der Waals surface area (Å²) in [6.45, 7) is 0. The molecule has 3 aromatic rings. The lowest BCUT2D eigenvalue weighted by atomic mass is 10.2. The molecule has 2 heterocycles. The van der Waals surface area contributed by atoms with E-state index in [1.54, 1.807) is 37.7 Å². The third-order valence-electron chi connectivity index (χ3n) is 3.32. The Morgan fingerprint density at radius 2 is 1.88 bits per heavy atom. The molecule has 0 amide bonds.